The van der Waals surface area contributed by atoms with Gasteiger partial charge in [-0.3, -0.25) is 0 Å². The van der Waals surface area contributed by atoms with Crippen molar-refractivity contribution in [2.75, 3.05) is 5.32 Å². The molecule has 1 heteroatoms. The van der Waals surface area contributed by atoms with Crippen LogP contribution >= 0.6 is 0 Å². The second-order valence-electron chi connectivity index (χ2n) is 4.81. The lowest BCUT2D eigenvalue weighted by Crippen LogP contribution is -2.12. The van der Waals surface area contributed by atoms with E-state index in [1.807, 2.05) is 0 Å². The molecule has 0 spiro atoms. The number of para-hydroxylation sites is 1. The molecule has 0 amide bonds. The standard InChI is InChI=1S/C16H17N/c1-12-10-13-6-3-5-9-16(13)17-11-14-7-2-4-8-15(12)14/h2-9,12,17H,10-11H2,1H3. The molecule has 1 atom stereocenters. The van der Waals surface area contributed by atoms with Crippen LogP contribution in [0.2, 0.25) is 0 Å². The van der Waals surface area contributed by atoms with E-state index in [0.29, 0.717) is 5.92 Å². The van der Waals surface area contributed by atoms with Crippen molar-refractivity contribution < 1.29 is 0 Å². The predicted octanol–water partition coefficient (Wildman–Crippen LogP) is 3.96. The van der Waals surface area contributed by atoms with Crippen molar-refractivity contribution in [1.29, 1.82) is 0 Å². The maximum Gasteiger partial charge on any atom is 0.0403 e. The molecule has 1 unspecified atom stereocenters. The predicted molar refractivity (Wildman–Crippen MR) is 72.3 cm³/mol. The third-order valence-corrected chi connectivity index (χ3v) is 3.60. The van der Waals surface area contributed by atoms with Crippen molar-refractivity contribution in [3.05, 3.63) is 65.2 Å². The SMILES string of the molecule is CC1Cc2ccccc2NCc2ccccc21. The number of hydrogen-bond donors (Lipinski definition) is 1. The molecule has 2 aromatic carbocycles. The Morgan fingerprint density at radius 2 is 1.65 bits per heavy atom. The molecule has 0 bridgehead atoms. The monoisotopic (exact) mass is 223 g/mol. The van der Waals surface area contributed by atoms with Gasteiger partial charge in [0.15, 0.2) is 0 Å². The molecule has 3 rings (SSSR count). The fourth-order valence-corrected chi connectivity index (χ4v) is 2.68. The minimum Gasteiger partial charge on any atom is -0.381 e. The summed E-state index contributed by atoms with van der Waals surface area (Å²) in [5.74, 6) is 0.592. The minimum absolute atomic E-state index is 0.592. The van der Waals surface area contributed by atoms with Gasteiger partial charge in [-0.1, -0.05) is 49.4 Å². The maximum absolute atomic E-state index is 3.54. The Labute approximate surface area is 102 Å². The fraction of sp³-hybridized carbons (Fsp3) is 0.250. The number of anilines is 1. The summed E-state index contributed by atoms with van der Waals surface area (Å²) in [7, 11) is 0. The van der Waals surface area contributed by atoms with E-state index in [4.69, 9.17) is 0 Å². The highest BCUT2D eigenvalue weighted by Crippen LogP contribution is 2.30. The van der Waals surface area contributed by atoms with Crippen molar-refractivity contribution in [2.24, 2.45) is 0 Å². The molecule has 0 radical (unpaired) electrons. The molecule has 86 valence electrons. The fourth-order valence-electron chi connectivity index (χ4n) is 2.68. The van der Waals surface area contributed by atoms with Gasteiger partial charge in [0.25, 0.3) is 0 Å². The summed E-state index contributed by atoms with van der Waals surface area (Å²) in [6, 6.07) is 17.4. The van der Waals surface area contributed by atoms with Crippen LogP contribution in [-0.2, 0) is 13.0 Å². The van der Waals surface area contributed by atoms with Gasteiger partial charge in [-0.05, 0) is 35.1 Å². The number of hydrogen-bond acceptors (Lipinski definition) is 1. The second-order valence-corrected chi connectivity index (χ2v) is 4.81. The normalized spacial score (nSPS) is 18.3. The summed E-state index contributed by atoms with van der Waals surface area (Å²) >= 11 is 0. The van der Waals surface area contributed by atoms with Crippen LogP contribution in [0, 0.1) is 0 Å². The molecule has 17 heavy (non-hydrogen) atoms. The second kappa shape index (κ2) is 4.25. The van der Waals surface area contributed by atoms with Crippen LogP contribution in [0.15, 0.2) is 48.5 Å². The van der Waals surface area contributed by atoms with Crippen LogP contribution in [0.4, 0.5) is 5.69 Å². The van der Waals surface area contributed by atoms with E-state index in [1.54, 1.807) is 0 Å². The topological polar surface area (TPSA) is 12.0 Å². The van der Waals surface area contributed by atoms with Gasteiger partial charge in [-0.25, -0.2) is 0 Å². The van der Waals surface area contributed by atoms with Crippen LogP contribution in [0.25, 0.3) is 0 Å². The zero-order chi connectivity index (χ0) is 11.7. The molecule has 2 aromatic rings. The smallest absolute Gasteiger partial charge is 0.0403 e. The highest BCUT2D eigenvalue weighted by molar-refractivity contribution is 5.53. The highest BCUT2D eigenvalue weighted by Gasteiger charge is 2.15. The molecule has 0 aliphatic carbocycles. The zero-order valence-electron chi connectivity index (χ0n) is 10.1. The van der Waals surface area contributed by atoms with Gasteiger partial charge < -0.3 is 5.32 Å². The Morgan fingerprint density at radius 1 is 0.941 bits per heavy atom. The molecular weight excluding hydrogens is 206 g/mol. The lowest BCUT2D eigenvalue weighted by atomic mass is 9.88. The summed E-state index contributed by atoms with van der Waals surface area (Å²) < 4.78 is 0. The number of rotatable bonds is 0. The largest absolute Gasteiger partial charge is 0.381 e. The van der Waals surface area contributed by atoms with Crippen LogP contribution in [-0.4, -0.2) is 0 Å². The van der Waals surface area contributed by atoms with Gasteiger partial charge in [0.05, 0.1) is 0 Å². The average Bonchev–Trinajstić information content (AvgIpc) is 2.36. The van der Waals surface area contributed by atoms with Crippen LogP contribution in [0.1, 0.15) is 29.5 Å². The van der Waals surface area contributed by atoms with Crippen molar-refractivity contribution in [3.63, 3.8) is 0 Å². The first kappa shape index (κ1) is 10.4. The lowest BCUT2D eigenvalue weighted by molar-refractivity contribution is 0.740. The molecule has 0 saturated carbocycles. The number of nitrogens with one attached hydrogen (secondary N) is 1. The molecule has 1 nitrogen and oxygen atoms in total. The molecule has 1 heterocycles. The molecule has 1 N–H and O–H groups in total. The Morgan fingerprint density at radius 3 is 2.53 bits per heavy atom. The quantitative estimate of drug-likeness (QED) is 0.713. The summed E-state index contributed by atoms with van der Waals surface area (Å²) in [5, 5.41) is 3.54. The summed E-state index contributed by atoms with van der Waals surface area (Å²) in [5.41, 5.74) is 5.62. The van der Waals surface area contributed by atoms with E-state index in [2.05, 4.69) is 60.8 Å². The summed E-state index contributed by atoms with van der Waals surface area (Å²) in [6.07, 6.45) is 1.11. The van der Waals surface area contributed by atoms with Gasteiger partial charge >= 0.3 is 0 Å². The van der Waals surface area contributed by atoms with Crippen LogP contribution in [0.3, 0.4) is 0 Å². The Bertz CT molecular complexity index is 531. The first-order chi connectivity index (χ1) is 8.34. The van der Waals surface area contributed by atoms with Crippen molar-refractivity contribution in [2.45, 2.75) is 25.8 Å². The maximum atomic E-state index is 3.54. The van der Waals surface area contributed by atoms with Gasteiger partial charge in [0, 0.05) is 12.2 Å². The zero-order valence-corrected chi connectivity index (χ0v) is 10.1. The van der Waals surface area contributed by atoms with E-state index < -0.39 is 0 Å². The molecular formula is C16H17N. The first-order valence-electron chi connectivity index (χ1n) is 6.24. The van der Waals surface area contributed by atoms with Gasteiger partial charge in [0.2, 0.25) is 0 Å². The van der Waals surface area contributed by atoms with Crippen molar-refractivity contribution >= 4 is 5.69 Å². The molecule has 1 aliphatic heterocycles. The highest BCUT2D eigenvalue weighted by atomic mass is 14.9. The van der Waals surface area contributed by atoms with Gasteiger partial charge in [-0.2, -0.15) is 0 Å². The van der Waals surface area contributed by atoms with Crippen LogP contribution < -0.4 is 5.32 Å². The van der Waals surface area contributed by atoms with E-state index in [-0.39, 0.29) is 0 Å². The van der Waals surface area contributed by atoms with E-state index >= 15 is 0 Å². The third kappa shape index (κ3) is 1.93. The lowest BCUT2D eigenvalue weighted by Gasteiger charge is -2.23. The molecule has 0 aromatic heterocycles. The third-order valence-electron chi connectivity index (χ3n) is 3.60. The minimum atomic E-state index is 0.592. The molecule has 0 fully saturated rings. The number of fused-ring (bicyclic) bond motifs is 2. The average molecular weight is 223 g/mol. The van der Waals surface area contributed by atoms with E-state index in [0.717, 1.165) is 13.0 Å². The van der Waals surface area contributed by atoms with Crippen molar-refractivity contribution in [3.8, 4) is 0 Å². The van der Waals surface area contributed by atoms with Gasteiger partial charge in [-0.15, -0.1) is 0 Å². The summed E-state index contributed by atoms with van der Waals surface area (Å²) in [6.45, 7) is 3.25. The van der Waals surface area contributed by atoms with Gasteiger partial charge in [0.1, 0.15) is 0 Å². The number of benzene rings is 2. The van der Waals surface area contributed by atoms with E-state index in [1.165, 1.54) is 22.4 Å². The Kier molecular flexibility index (Phi) is 2.60. The Hall–Kier alpha value is -1.76. The van der Waals surface area contributed by atoms with E-state index in [9.17, 15) is 0 Å². The van der Waals surface area contributed by atoms with Crippen LogP contribution in [0.5, 0.6) is 0 Å². The molecule has 0 saturated heterocycles. The van der Waals surface area contributed by atoms with Crippen molar-refractivity contribution in [1.82, 2.24) is 0 Å². The summed E-state index contributed by atoms with van der Waals surface area (Å²) in [4.78, 5) is 0. The first-order valence-corrected chi connectivity index (χ1v) is 6.24. The molecule has 1 aliphatic rings. The Balaban J connectivity index is 2.03.